The molecule has 5 rings (SSSR count). The summed E-state index contributed by atoms with van der Waals surface area (Å²) in [5, 5.41) is 5.31. The van der Waals surface area contributed by atoms with Crippen LogP contribution in [0.3, 0.4) is 0 Å². The summed E-state index contributed by atoms with van der Waals surface area (Å²) in [6, 6.07) is 12.0. The molecule has 0 atom stereocenters. The van der Waals surface area contributed by atoms with Crippen molar-refractivity contribution in [3.63, 3.8) is 0 Å². The molecule has 0 N–H and O–H groups in total. The van der Waals surface area contributed by atoms with Crippen LogP contribution in [0, 0.1) is 0 Å². The Bertz CT molecular complexity index is 1060. The van der Waals surface area contributed by atoms with E-state index in [1.807, 2.05) is 46.0 Å². The zero-order valence-electron chi connectivity index (χ0n) is 17.4. The zero-order chi connectivity index (χ0) is 20.7. The molecule has 3 aromatic rings. The molecule has 0 aliphatic carbocycles. The Balaban J connectivity index is 1.53. The van der Waals surface area contributed by atoms with Crippen LogP contribution < -0.4 is 0 Å². The van der Waals surface area contributed by atoms with E-state index in [0.717, 1.165) is 22.3 Å². The normalized spacial score (nSPS) is 18.6. The molecule has 156 valence electrons. The Morgan fingerprint density at radius 1 is 1.10 bits per heavy atom. The Morgan fingerprint density at radius 3 is 2.47 bits per heavy atom. The number of hydrogen-bond acceptors (Lipinski definition) is 5. The highest BCUT2D eigenvalue weighted by Gasteiger charge is 2.41. The van der Waals surface area contributed by atoms with Crippen LogP contribution >= 0.6 is 0 Å². The number of aromatic nitrogens is 3. The standard InChI is InChI=1S/C23H26N4O3/c1-16(2)27-21-19(15-24-27)18(14-20(25-21)17-6-4-3-5-7-17)22(28)26-10-8-23(9-11-26)29-12-13-30-23/h3-7,14-16H,8-13H2,1-2H3. The monoisotopic (exact) mass is 406 g/mol. The average Bonchev–Trinajstić information content (AvgIpc) is 3.41. The number of piperidine rings is 1. The molecule has 0 radical (unpaired) electrons. The van der Waals surface area contributed by atoms with Gasteiger partial charge in [0.05, 0.1) is 36.1 Å². The van der Waals surface area contributed by atoms with Crippen molar-refractivity contribution < 1.29 is 14.3 Å². The number of nitrogens with zero attached hydrogens (tertiary/aromatic N) is 4. The molecule has 1 amide bonds. The van der Waals surface area contributed by atoms with E-state index in [-0.39, 0.29) is 11.9 Å². The van der Waals surface area contributed by atoms with Gasteiger partial charge < -0.3 is 14.4 Å². The van der Waals surface area contributed by atoms with Gasteiger partial charge in [0.2, 0.25) is 0 Å². The van der Waals surface area contributed by atoms with Crippen molar-refractivity contribution in [3.8, 4) is 11.3 Å². The van der Waals surface area contributed by atoms with Crippen LogP contribution in [-0.2, 0) is 9.47 Å². The second-order valence-corrected chi connectivity index (χ2v) is 8.24. The molecular weight excluding hydrogens is 380 g/mol. The van der Waals surface area contributed by atoms with Crippen molar-refractivity contribution in [2.75, 3.05) is 26.3 Å². The smallest absolute Gasteiger partial charge is 0.254 e. The van der Waals surface area contributed by atoms with Gasteiger partial charge in [0.1, 0.15) is 0 Å². The molecule has 7 heteroatoms. The summed E-state index contributed by atoms with van der Waals surface area (Å²) >= 11 is 0. The quantitative estimate of drug-likeness (QED) is 0.664. The number of carbonyl (C=O) groups is 1. The molecule has 0 saturated carbocycles. The number of hydrogen-bond donors (Lipinski definition) is 0. The molecule has 2 aromatic heterocycles. The van der Waals surface area contributed by atoms with Gasteiger partial charge in [0.25, 0.3) is 5.91 Å². The molecule has 0 unspecified atom stereocenters. The predicted octanol–water partition coefficient (Wildman–Crippen LogP) is 3.66. The average molecular weight is 406 g/mol. The predicted molar refractivity (Wildman–Crippen MR) is 113 cm³/mol. The van der Waals surface area contributed by atoms with Gasteiger partial charge in [-0.25, -0.2) is 9.67 Å². The lowest BCUT2D eigenvalue weighted by Gasteiger charge is -2.37. The number of carbonyl (C=O) groups excluding carboxylic acids is 1. The van der Waals surface area contributed by atoms with Crippen molar-refractivity contribution in [3.05, 3.63) is 48.2 Å². The number of rotatable bonds is 3. The second-order valence-electron chi connectivity index (χ2n) is 8.24. The van der Waals surface area contributed by atoms with Crippen molar-refractivity contribution in [1.29, 1.82) is 0 Å². The van der Waals surface area contributed by atoms with E-state index in [2.05, 4.69) is 18.9 Å². The summed E-state index contributed by atoms with van der Waals surface area (Å²) in [5.41, 5.74) is 3.15. The molecule has 4 heterocycles. The lowest BCUT2D eigenvalue weighted by molar-refractivity contribution is -0.181. The van der Waals surface area contributed by atoms with Gasteiger partial charge in [-0.3, -0.25) is 4.79 Å². The van der Waals surface area contributed by atoms with Crippen LogP contribution in [0.25, 0.3) is 22.3 Å². The van der Waals surface area contributed by atoms with Crippen LogP contribution in [0.2, 0.25) is 0 Å². The first kappa shape index (κ1) is 19.2. The van der Waals surface area contributed by atoms with E-state index in [1.165, 1.54) is 0 Å². The van der Waals surface area contributed by atoms with Gasteiger partial charge in [-0.15, -0.1) is 0 Å². The van der Waals surface area contributed by atoms with Crippen LogP contribution in [0.5, 0.6) is 0 Å². The molecule has 30 heavy (non-hydrogen) atoms. The highest BCUT2D eigenvalue weighted by Crippen LogP contribution is 2.33. The van der Waals surface area contributed by atoms with Crippen molar-refractivity contribution in [2.24, 2.45) is 0 Å². The number of likely N-dealkylation sites (tertiary alicyclic amines) is 1. The highest BCUT2D eigenvalue weighted by atomic mass is 16.7. The summed E-state index contributed by atoms with van der Waals surface area (Å²) < 4.78 is 13.5. The van der Waals surface area contributed by atoms with E-state index < -0.39 is 5.79 Å². The number of pyridine rings is 1. The summed E-state index contributed by atoms with van der Waals surface area (Å²) in [6.45, 7) is 6.62. The van der Waals surface area contributed by atoms with E-state index >= 15 is 0 Å². The maximum atomic E-state index is 13.6. The first-order valence-electron chi connectivity index (χ1n) is 10.6. The number of fused-ring (bicyclic) bond motifs is 1. The third-order valence-electron chi connectivity index (χ3n) is 5.98. The van der Waals surface area contributed by atoms with E-state index in [9.17, 15) is 4.79 Å². The van der Waals surface area contributed by atoms with Crippen molar-refractivity contribution in [2.45, 2.75) is 38.5 Å². The van der Waals surface area contributed by atoms with Gasteiger partial charge in [-0.2, -0.15) is 5.10 Å². The van der Waals surface area contributed by atoms with E-state index in [1.54, 1.807) is 6.20 Å². The molecule has 2 fully saturated rings. The van der Waals surface area contributed by atoms with Crippen molar-refractivity contribution >= 4 is 16.9 Å². The fraction of sp³-hybridized carbons (Fsp3) is 0.435. The minimum atomic E-state index is -0.498. The number of amides is 1. The maximum absolute atomic E-state index is 13.6. The van der Waals surface area contributed by atoms with E-state index in [4.69, 9.17) is 14.5 Å². The van der Waals surface area contributed by atoms with Gasteiger partial charge >= 0.3 is 0 Å². The Hall–Kier alpha value is -2.77. The Labute approximate surface area is 175 Å². The summed E-state index contributed by atoms with van der Waals surface area (Å²) in [7, 11) is 0. The molecule has 7 nitrogen and oxygen atoms in total. The molecule has 1 spiro atoms. The van der Waals surface area contributed by atoms with Gasteiger partial charge in [0.15, 0.2) is 11.4 Å². The van der Waals surface area contributed by atoms with Gasteiger partial charge in [-0.05, 0) is 19.9 Å². The molecule has 2 aliphatic rings. The van der Waals surface area contributed by atoms with Crippen molar-refractivity contribution in [1.82, 2.24) is 19.7 Å². The van der Waals surface area contributed by atoms with E-state index in [0.29, 0.717) is 44.7 Å². The molecule has 1 aromatic carbocycles. The zero-order valence-corrected chi connectivity index (χ0v) is 17.4. The fourth-order valence-corrected chi connectivity index (χ4v) is 4.34. The topological polar surface area (TPSA) is 69.5 Å². The fourth-order valence-electron chi connectivity index (χ4n) is 4.34. The maximum Gasteiger partial charge on any atom is 0.254 e. The van der Waals surface area contributed by atoms with Crippen LogP contribution in [0.1, 0.15) is 43.1 Å². The highest BCUT2D eigenvalue weighted by molar-refractivity contribution is 6.06. The molecule has 2 saturated heterocycles. The molecule has 2 aliphatic heterocycles. The second kappa shape index (κ2) is 7.49. The third kappa shape index (κ3) is 3.28. The van der Waals surface area contributed by atoms with Crippen LogP contribution in [-0.4, -0.2) is 57.7 Å². The summed E-state index contributed by atoms with van der Waals surface area (Å²) in [6.07, 6.45) is 3.16. The summed E-state index contributed by atoms with van der Waals surface area (Å²) in [4.78, 5) is 20.3. The Kier molecular flexibility index (Phi) is 4.79. The lowest BCUT2D eigenvalue weighted by Crippen LogP contribution is -2.47. The largest absolute Gasteiger partial charge is 0.347 e. The van der Waals surface area contributed by atoms with Gasteiger partial charge in [-0.1, -0.05) is 30.3 Å². The summed E-state index contributed by atoms with van der Waals surface area (Å²) in [5.74, 6) is -0.488. The number of ether oxygens (including phenoxy) is 2. The molecular formula is C23H26N4O3. The van der Waals surface area contributed by atoms with Gasteiger partial charge in [0, 0.05) is 37.5 Å². The van der Waals surface area contributed by atoms with Crippen LogP contribution in [0.4, 0.5) is 0 Å². The minimum Gasteiger partial charge on any atom is -0.347 e. The SMILES string of the molecule is CC(C)n1ncc2c(C(=O)N3CCC4(CC3)OCCO4)cc(-c3ccccc3)nc21. The first-order valence-corrected chi connectivity index (χ1v) is 10.6. The van der Waals surface area contributed by atoms with Crippen LogP contribution in [0.15, 0.2) is 42.6 Å². The number of benzene rings is 1. The first-order chi connectivity index (χ1) is 14.6. The Morgan fingerprint density at radius 2 is 1.80 bits per heavy atom. The lowest BCUT2D eigenvalue weighted by atomic mass is 10.0. The third-order valence-corrected chi connectivity index (χ3v) is 5.98. The minimum absolute atomic E-state index is 0.00994. The molecule has 0 bridgehead atoms.